The number of aromatic nitrogens is 1. The van der Waals surface area contributed by atoms with Crippen molar-refractivity contribution in [1.82, 2.24) is 4.98 Å². The van der Waals surface area contributed by atoms with E-state index >= 15 is 0 Å². The maximum Gasteiger partial charge on any atom is 0.416 e. The highest BCUT2D eigenvalue weighted by molar-refractivity contribution is 6.13. The molecular formula is C24H22F4N4O3. The van der Waals surface area contributed by atoms with Crippen molar-refractivity contribution in [2.24, 2.45) is 0 Å². The van der Waals surface area contributed by atoms with E-state index in [4.69, 9.17) is 4.74 Å². The molecule has 1 amide bonds. The van der Waals surface area contributed by atoms with Gasteiger partial charge in [0.2, 0.25) is 5.88 Å². The molecule has 0 saturated heterocycles. The van der Waals surface area contributed by atoms with Crippen molar-refractivity contribution >= 4 is 28.8 Å². The number of alkyl halides is 3. The van der Waals surface area contributed by atoms with Crippen molar-refractivity contribution in [2.45, 2.75) is 13.1 Å². The molecule has 0 fully saturated rings. The van der Waals surface area contributed by atoms with Crippen molar-refractivity contribution in [2.75, 3.05) is 42.0 Å². The molecule has 11 heteroatoms. The van der Waals surface area contributed by atoms with Gasteiger partial charge >= 0.3 is 6.18 Å². The minimum absolute atomic E-state index is 0.0388. The summed E-state index contributed by atoms with van der Waals surface area (Å²) in [7, 11) is 1.43. The number of hydrogen-bond donors (Lipinski definition) is 2. The highest BCUT2D eigenvalue weighted by Crippen LogP contribution is 2.41. The highest BCUT2D eigenvalue weighted by Gasteiger charge is 2.37. The number of anilines is 4. The number of benzene rings is 2. The number of halogens is 4. The van der Waals surface area contributed by atoms with Crippen LogP contribution in [0.3, 0.4) is 0 Å². The first-order chi connectivity index (χ1) is 16.6. The third kappa shape index (κ3) is 4.72. The smallest absolute Gasteiger partial charge is 0.416 e. The first kappa shape index (κ1) is 24.3. The zero-order chi connectivity index (χ0) is 25.3. The minimum Gasteiger partial charge on any atom is -0.481 e. The first-order valence-corrected chi connectivity index (χ1v) is 10.6. The van der Waals surface area contributed by atoms with E-state index in [1.54, 1.807) is 19.1 Å². The fourth-order valence-corrected chi connectivity index (χ4v) is 3.92. The summed E-state index contributed by atoms with van der Waals surface area (Å²) in [6.45, 7) is 1.41. The van der Waals surface area contributed by atoms with Crippen LogP contribution in [0.4, 0.5) is 40.4 Å². The maximum atomic E-state index is 13.8. The summed E-state index contributed by atoms with van der Waals surface area (Å²) in [5.41, 5.74) is 0.447. The molecule has 3 aromatic rings. The van der Waals surface area contributed by atoms with Gasteiger partial charge in [0.1, 0.15) is 12.5 Å². The molecule has 0 spiro atoms. The van der Waals surface area contributed by atoms with Gasteiger partial charge in [0.15, 0.2) is 5.82 Å². The van der Waals surface area contributed by atoms with Crippen LogP contribution in [-0.4, -0.2) is 42.9 Å². The number of aryl methyl sites for hydroxylation is 1. The predicted octanol–water partition coefficient (Wildman–Crippen LogP) is 4.72. The lowest BCUT2D eigenvalue weighted by Gasteiger charge is -2.39. The molecule has 35 heavy (non-hydrogen) atoms. The number of hydrogen-bond acceptors (Lipinski definition) is 6. The molecular weight excluding hydrogens is 468 g/mol. The average molecular weight is 490 g/mol. The summed E-state index contributed by atoms with van der Waals surface area (Å²) in [5.74, 6) is -0.517. The SMILES string of the molecule is COc1ccc(N2CN(c3ccc(F)cc3C)c3cc(C(F)(F)F)ccc3C2=O)c(NCCO)n1. The van der Waals surface area contributed by atoms with Crippen LogP contribution in [0, 0.1) is 12.7 Å². The van der Waals surface area contributed by atoms with Crippen molar-refractivity contribution < 1.29 is 32.2 Å². The Morgan fingerprint density at radius 3 is 2.46 bits per heavy atom. The molecule has 4 rings (SSSR count). The van der Waals surface area contributed by atoms with Crippen molar-refractivity contribution in [1.29, 1.82) is 0 Å². The number of carbonyl (C=O) groups excluding carboxylic acids is 1. The van der Waals surface area contributed by atoms with Gasteiger partial charge < -0.3 is 20.1 Å². The van der Waals surface area contributed by atoms with Gasteiger partial charge in [-0.1, -0.05) is 0 Å². The lowest BCUT2D eigenvalue weighted by molar-refractivity contribution is -0.137. The Morgan fingerprint density at radius 1 is 1.06 bits per heavy atom. The molecule has 0 bridgehead atoms. The van der Waals surface area contributed by atoms with Crippen LogP contribution in [0.15, 0.2) is 48.5 Å². The molecule has 184 valence electrons. The van der Waals surface area contributed by atoms with Crippen molar-refractivity contribution in [3.05, 3.63) is 71.0 Å². The van der Waals surface area contributed by atoms with E-state index in [-0.39, 0.29) is 42.8 Å². The van der Waals surface area contributed by atoms with Crippen LogP contribution in [0.1, 0.15) is 21.5 Å². The van der Waals surface area contributed by atoms with E-state index in [0.29, 0.717) is 16.9 Å². The van der Waals surface area contributed by atoms with Crippen LogP contribution < -0.4 is 19.9 Å². The van der Waals surface area contributed by atoms with Crippen LogP contribution in [0.25, 0.3) is 0 Å². The van der Waals surface area contributed by atoms with Gasteiger partial charge in [-0.25, -0.2) is 4.39 Å². The zero-order valence-corrected chi connectivity index (χ0v) is 18.9. The number of amides is 1. The fourth-order valence-electron chi connectivity index (χ4n) is 3.92. The Hall–Kier alpha value is -3.86. The summed E-state index contributed by atoms with van der Waals surface area (Å²) >= 11 is 0. The van der Waals surface area contributed by atoms with Crippen LogP contribution in [-0.2, 0) is 6.18 Å². The van der Waals surface area contributed by atoms with Crippen molar-refractivity contribution in [3.63, 3.8) is 0 Å². The lowest BCUT2D eigenvalue weighted by atomic mass is 10.0. The van der Waals surface area contributed by atoms with Gasteiger partial charge in [-0.15, -0.1) is 0 Å². The summed E-state index contributed by atoms with van der Waals surface area (Å²) < 4.78 is 59.4. The standard InChI is InChI=1S/C24H22F4N4O3/c1-14-11-16(25)4-6-18(14)31-13-32(19-7-8-21(35-2)30-22(19)29-9-10-33)23(34)17-5-3-15(12-20(17)31)24(26,27)28/h3-8,11-12,33H,9-10,13H2,1-2H3,(H,29,30). The summed E-state index contributed by atoms with van der Waals surface area (Å²) in [6.07, 6.45) is -4.61. The largest absolute Gasteiger partial charge is 0.481 e. The Kier molecular flexibility index (Phi) is 6.53. The van der Waals surface area contributed by atoms with Gasteiger partial charge in [0, 0.05) is 18.3 Å². The van der Waals surface area contributed by atoms with Gasteiger partial charge in [-0.3, -0.25) is 9.69 Å². The predicted molar refractivity (Wildman–Crippen MR) is 123 cm³/mol. The Balaban J connectivity index is 1.89. The van der Waals surface area contributed by atoms with E-state index in [9.17, 15) is 27.5 Å². The number of nitrogens with zero attached hydrogens (tertiary/aromatic N) is 3. The van der Waals surface area contributed by atoms with E-state index in [1.165, 1.54) is 35.1 Å². The third-order valence-electron chi connectivity index (χ3n) is 5.58. The molecule has 2 heterocycles. The molecule has 0 aliphatic carbocycles. The van der Waals surface area contributed by atoms with Gasteiger partial charge in [0.05, 0.1) is 36.2 Å². The highest BCUT2D eigenvalue weighted by atomic mass is 19.4. The number of rotatable bonds is 6. The third-order valence-corrected chi connectivity index (χ3v) is 5.58. The average Bonchev–Trinajstić information content (AvgIpc) is 2.82. The zero-order valence-electron chi connectivity index (χ0n) is 18.9. The van der Waals surface area contributed by atoms with E-state index in [0.717, 1.165) is 18.2 Å². The number of fused-ring (bicyclic) bond motifs is 1. The molecule has 0 atom stereocenters. The number of carbonyl (C=O) groups is 1. The number of nitrogens with one attached hydrogen (secondary N) is 1. The lowest BCUT2D eigenvalue weighted by Crippen LogP contribution is -2.45. The first-order valence-electron chi connectivity index (χ1n) is 10.6. The van der Waals surface area contributed by atoms with Crippen LogP contribution in [0.2, 0.25) is 0 Å². The number of ether oxygens (including phenoxy) is 1. The Morgan fingerprint density at radius 2 is 1.80 bits per heavy atom. The minimum atomic E-state index is -4.61. The topological polar surface area (TPSA) is 77.9 Å². The molecule has 1 aliphatic rings. The number of aliphatic hydroxyl groups is 1. The van der Waals surface area contributed by atoms with E-state index in [2.05, 4.69) is 10.3 Å². The van der Waals surface area contributed by atoms with Gasteiger partial charge in [-0.2, -0.15) is 18.2 Å². The van der Waals surface area contributed by atoms with Crippen LogP contribution >= 0.6 is 0 Å². The molecule has 1 aromatic heterocycles. The molecule has 2 aromatic carbocycles. The van der Waals surface area contributed by atoms with Crippen molar-refractivity contribution in [3.8, 4) is 5.88 Å². The van der Waals surface area contributed by atoms with E-state index in [1.807, 2.05) is 0 Å². The second-order valence-corrected chi connectivity index (χ2v) is 7.83. The van der Waals surface area contributed by atoms with Crippen LogP contribution in [0.5, 0.6) is 5.88 Å². The Bertz CT molecular complexity index is 1270. The molecule has 2 N–H and O–H groups in total. The van der Waals surface area contributed by atoms with Gasteiger partial charge in [-0.05, 0) is 55.0 Å². The Labute approximate surface area is 198 Å². The summed E-state index contributed by atoms with van der Waals surface area (Å²) in [4.78, 5) is 20.7. The number of pyridine rings is 1. The monoisotopic (exact) mass is 490 g/mol. The van der Waals surface area contributed by atoms with E-state index < -0.39 is 23.5 Å². The maximum absolute atomic E-state index is 13.8. The van der Waals surface area contributed by atoms with Gasteiger partial charge in [0.25, 0.3) is 5.91 Å². The molecule has 0 saturated carbocycles. The molecule has 0 unspecified atom stereocenters. The number of methoxy groups -OCH3 is 1. The normalized spacial score (nSPS) is 13.6. The molecule has 0 radical (unpaired) electrons. The fraction of sp³-hybridized carbons (Fsp3) is 0.250. The summed E-state index contributed by atoms with van der Waals surface area (Å²) in [6, 6.07) is 9.98. The quantitative estimate of drug-likeness (QED) is 0.487. The number of aliphatic hydroxyl groups excluding tert-OH is 1. The second-order valence-electron chi connectivity index (χ2n) is 7.83. The summed E-state index contributed by atoms with van der Waals surface area (Å²) in [5, 5.41) is 12.2. The molecule has 7 nitrogen and oxygen atoms in total. The molecule has 1 aliphatic heterocycles. The second kappa shape index (κ2) is 9.41.